The number of aromatic nitrogens is 2. The lowest BCUT2D eigenvalue weighted by atomic mass is 9.78. The van der Waals surface area contributed by atoms with E-state index in [1.807, 2.05) is 24.3 Å². The summed E-state index contributed by atoms with van der Waals surface area (Å²) in [7, 11) is -3.26. The van der Waals surface area contributed by atoms with Gasteiger partial charge < -0.3 is 10.1 Å². The highest BCUT2D eigenvalue weighted by molar-refractivity contribution is 7.93. The molecule has 160 valence electrons. The Morgan fingerprint density at radius 2 is 1.93 bits per heavy atom. The summed E-state index contributed by atoms with van der Waals surface area (Å²) in [6, 6.07) is 7.12. The Labute approximate surface area is 181 Å². The lowest BCUT2D eigenvalue weighted by molar-refractivity contribution is 0.0829. The molecule has 9 heteroatoms. The van der Waals surface area contributed by atoms with Gasteiger partial charge in [-0.15, -0.1) is 0 Å². The molecule has 1 N–H and O–H groups in total. The molecule has 2 atom stereocenters. The van der Waals surface area contributed by atoms with Crippen LogP contribution in [0.2, 0.25) is 5.02 Å². The van der Waals surface area contributed by atoms with Crippen molar-refractivity contribution < 1.29 is 17.9 Å². The van der Waals surface area contributed by atoms with Crippen molar-refractivity contribution in [3.8, 4) is 5.75 Å². The van der Waals surface area contributed by atoms with Crippen LogP contribution in [0.1, 0.15) is 48.5 Å². The molecule has 2 aromatic rings. The molecule has 1 fully saturated rings. The average Bonchev–Trinajstić information content (AvgIpc) is 2.65. The summed E-state index contributed by atoms with van der Waals surface area (Å²) in [5.74, 6) is 0.289. The van der Waals surface area contributed by atoms with Crippen LogP contribution in [-0.4, -0.2) is 36.6 Å². The fourth-order valence-corrected chi connectivity index (χ4v) is 3.85. The van der Waals surface area contributed by atoms with E-state index in [4.69, 9.17) is 16.3 Å². The Hall–Kier alpha value is -2.45. The number of nitrogens with one attached hydrogen (secondary N) is 1. The molecule has 30 heavy (non-hydrogen) atoms. The minimum absolute atomic E-state index is 0.0279. The normalized spacial score (nSPS) is 16.6. The van der Waals surface area contributed by atoms with Crippen molar-refractivity contribution in [3.05, 3.63) is 64.6 Å². The van der Waals surface area contributed by atoms with Gasteiger partial charge in [-0.1, -0.05) is 42.3 Å². The largest absolute Gasteiger partial charge is 0.482 e. The first-order chi connectivity index (χ1) is 14.2. The van der Waals surface area contributed by atoms with Crippen LogP contribution in [0, 0.1) is 5.92 Å². The third kappa shape index (κ3) is 6.03. The first kappa shape index (κ1) is 22.2. The van der Waals surface area contributed by atoms with Crippen LogP contribution in [-0.2, 0) is 9.84 Å². The van der Waals surface area contributed by atoms with Crippen molar-refractivity contribution in [2.45, 2.75) is 38.3 Å². The van der Waals surface area contributed by atoms with Gasteiger partial charge in [0.05, 0.1) is 12.4 Å². The van der Waals surface area contributed by atoms with Crippen LogP contribution in [0.15, 0.2) is 48.1 Å². The van der Waals surface area contributed by atoms with E-state index in [2.05, 4.69) is 15.3 Å². The number of hydrogen-bond acceptors (Lipinski definition) is 6. The highest BCUT2D eigenvalue weighted by Crippen LogP contribution is 2.42. The number of halogens is 1. The number of carbonyl (C=O) groups is 1. The van der Waals surface area contributed by atoms with Crippen LogP contribution >= 0.6 is 11.6 Å². The van der Waals surface area contributed by atoms with Crippen molar-refractivity contribution >= 4 is 27.3 Å². The molecule has 1 aromatic heterocycles. The third-order valence-electron chi connectivity index (χ3n) is 4.86. The van der Waals surface area contributed by atoms with Crippen LogP contribution in [0.25, 0.3) is 0 Å². The molecule has 0 saturated heterocycles. The summed E-state index contributed by atoms with van der Waals surface area (Å²) < 4.78 is 28.5. The summed E-state index contributed by atoms with van der Waals surface area (Å²) in [6.45, 7) is 1.66. The second-order valence-corrected chi connectivity index (χ2v) is 9.75. The molecular weight excluding hydrogens is 426 g/mol. The molecule has 1 heterocycles. The van der Waals surface area contributed by atoms with Gasteiger partial charge in [0.1, 0.15) is 6.10 Å². The van der Waals surface area contributed by atoms with E-state index in [1.54, 1.807) is 6.92 Å². The highest BCUT2D eigenvalue weighted by Gasteiger charge is 2.31. The second-order valence-electron chi connectivity index (χ2n) is 7.41. The maximum Gasteiger partial charge on any atom is 0.289 e. The van der Waals surface area contributed by atoms with Gasteiger partial charge in [-0.25, -0.2) is 18.4 Å². The fraction of sp³-hybridized carbons (Fsp3) is 0.381. The highest BCUT2D eigenvalue weighted by atomic mass is 35.5. The summed E-state index contributed by atoms with van der Waals surface area (Å²) >= 11 is 6.37. The van der Waals surface area contributed by atoms with Gasteiger partial charge >= 0.3 is 0 Å². The molecule has 1 aromatic carbocycles. The summed E-state index contributed by atoms with van der Waals surface area (Å²) in [4.78, 5) is 20.4. The van der Waals surface area contributed by atoms with Gasteiger partial charge in [-0.2, -0.15) is 0 Å². The standard InChI is InChI=1S/C21H24ClN3O4S/c1-14(10-11-30(2,27)28)25-21(26)20-23-12-16(13-24-20)29-19(15-6-5-7-15)17-8-3-4-9-18(17)22/h3-4,8-15,19H,5-7H2,1-2H3,(H,25,26)/b11-10+/t14-,19-/m1/s1. The summed E-state index contributed by atoms with van der Waals surface area (Å²) in [5, 5.41) is 4.33. The van der Waals surface area contributed by atoms with Crippen molar-refractivity contribution in [2.24, 2.45) is 5.92 Å². The smallest absolute Gasteiger partial charge is 0.289 e. The second kappa shape index (κ2) is 9.57. The molecule has 1 aliphatic rings. The van der Waals surface area contributed by atoms with Crippen LogP contribution < -0.4 is 10.1 Å². The number of ether oxygens (including phenoxy) is 1. The summed E-state index contributed by atoms with van der Waals surface area (Å²) in [6.07, 6.45) is 8.49. The number of sulfone groups is 1. The lowest BCUT2D eigenvalue weighted by Gasteiger charge is -2.34. The SMILES string of the molecule is C[C@H](/C=C/S(C)(=O)=O)NC(=O)c1ncc(O[C@@H](c2ccccc2Cl)C2CCC2)cn1. The van der Waals surface area contributed by atoms with Crippen molar-refractivity contribution in [3.63, 3.8) is 0 Å². The minimum Gasteiger partial charge on any atom is -0.482 e. The molecule has 1 saturated carbocycles. The van der Waals surface area contributed by atoms with Gasteiger partial charge in [0.2, 0.25) is 5.82 Å². The van der Waals surface area contributed by atoms with Gasteiger partial charge in [0.15, 0.2) is 15.6 Å². The Morgan fingerprint density at radius 3 is 2.50 bits per heavy atom. The van der Waals surface area contributed by atoms with Gasteiger partial charge in [0.25, 0.3) is 5.91 Å². The van der Waals surface area contributed by atoms with E-state index >= 15 is 0 Å². The molecule has 0 aliphatic heterocycles. The number of nitrogens with zero attached hydrogens (tertiary/aromatic N) is 2. The molecule has 1 aliphatic carbocycles. The van der Waals surface area contributed by atoms with E-state index < -0.39 is 21.8 Å². The van der Waals surface area contributed by atoms with E-state index in [1.165, 1.54) is 18.5 Å². The number of benzene rings is 1. The lowest BCUT2D eigenvalue weighted by Crippen LogP contribution is -2.32. The fourth-order valence-electron chi connectivity index (χ4n) is 3.08. The molecule has 0 spiro atoms. The van der Waals surface area contributed by atoms with E-state index in [-0.39, 0.29) is 11.9 Å². The molecule has 3 rings (SSSR count). The van der Waals surface area contributed by atoms with Crippen molar-refractivity contribution in [2.75, 3.05) is 6.26 Å². The Kier molecular flexibility index (Phi) is 7.10. The number of rotatable bonds is 8. The zero-order chi connectivity index (χ0) is 21.7. The monoisotopic (exact) mass is 449 g/mol. The first-order valence-electron chi connectivity index (χ1n) is 9.65. The van der Waals surface area contributed by atoms with Crippen molar-refractivity contribution in [1.29, 1.82) is 0 Å². The maximum atomic E-state index is 12.3. The number of carbonyl (C=O) groups excluding carboxylic acids is 1. The van der Waals surface area contributed by atoms with Crippen LogP contribution in [0.5, 0.6) is 5.75 Å². The zero-order valence-electron chi connectivity index (χ0n) is 16.8. The summed E-state index contributed by atoms with van der Waals surface area (Å²) in [5.41, 5.74) is 0.928. The van der Waals surface area contributed by atoms with Gasteiger partial charge in [0, 0.05) is 34.2 Å². The average molecular weight is 450 g/mol. The molecule has 0 unspecified atom stereocenters. The number of amides is 1. The van der Waals surface area contributed by atoms with Crippen molar-refractivity contribution in [1.82, 2.24) is 15.3 Å². The quantitative estimate of drug-likeness (QED) is 0.659. The van der Waals surface area contributed by atoms with E-state index in [9.17, 15) is 13.2 Å². The Bertz CT molecular complexity index is 1020. The van der Waals surface area contributed by atoms with E-state index in [0.29, 0.717) is 16.7 Å². The maximum absolute atomic E-state index is 12.3. The Morgan fingerprint density at radius 1 is 1.27 bits per heavy atom. The third-order valence-corrected chi connectivity index (χ3v) is 5.85. The Balaban J connectivity index is 1.67. The predicted molar refractivity (Wildman–Crippen MR) is 115 cm³/mol. The first-order valence-corrected chi connectivity index (χ1v) is 12.0. The van der Waals surface area contributed by atoms with Crippen LogP contribution in [0.4, 0.5) is 0 Å². The molecule has 0 radical (unpaired) electrons. The topological polar surface area (TPSA) is 98.2 Å². The molecule has 7 nitrogen and oxygen atoms in total. The molecular formula is C21H24ClN3O4S. The van der Waals surface area contributed by atoms with Gasteiger partial charge in [-0.05, 0) is 25.8 Å². The molecule has 0 bridgehead atoms. The molecule has 1 amide bonds. The van der Waals surface area contributed by atoms with Gasteiger partial charge in [-0.3, -0.25) is 4.79 Å². The predicted octanol–water partition coefficient (Wildman–Crippen LogP) is 3.73. The minimum atomic E-state index is -3.26. The number of hydrogen-bond donors (Lipinski definition) is 1. The zero-order valence-corrected chi connectivity index (χ0v) is 18.4. The van der Waals surface area contributed by atoms with Crippen LogP contribution in [0.3, 0.4) is 0 Å². The van der Waals surface area contributed by atoms with E-state index in [0.717, 1.165) is 36.5 Å².